The van der Waals surface area contributed by atoms with Gasteiger partial charge in [0, 0.05) is 24.2 Å². The van der Waals surface area contributed by atoms with E-state index in [1.165, 1.54) is 0 Å². The molecule has 0 radical (unpaired) electrons. The zero-order valence-electron chi connectivity index (χ0n) is 19.0. The van der Waals surface area contributed by atoms with Crippen LogP contribution in [0.1, 0.15) is 46.5 Å². The molecule has 1 aliphatic heterocycles. The van der Waals surface area contributed by atoms with Crippen molar-refractivity contribution in [2.75, 3.05) is 43.9 Å². The van der Waals surface area contributed by atoms with Crippen LogP contribution in [0.3, 0.4) is 0 Å². The Bertz CT molecular complexity index is 828. The van der Waals surface area contributed by atoms with Gasteiger partial charge in [0.2, 0.25) is 5.91 Å². The van der Waals surface area contributed by atoms with E-state index in [9.17, 15) is 9.59 Å². The van der Waals surface area contributed by atoms with Crippen LogP contribution in [0.25, 0.3) is 0 Å². The van der Waals surface area contributed by atoms with Gasteiger partial charge in [-0.3, -0.25) is 9.59 Å². The minimum Gasteiger partial charge on any atom is -0.357 e. The third-order valence-electron chi connectivity index (χ3n) is 5.93. The molecule has 1 amide bonds. The Balaban J connectivity index is 1.88. The van der Waals surface area contributed by atoms with Gasteiger partial charge >= 0.3 is 0 Å². The summed E-state index contributed by atoms with van der Waals surface area (Å²) in [5, 5.41) is 6.61. The number of allylic oxidation sites excluding steroid dienone is 1. The number of hydrogen-bond donors (Lipinski definition) is 2. The zero-order chi connectivity index (χ0) is 21.9. The summed E-state index contributed by atoms with van der Waals surface area (Å²) in [6.45, 7) is 8.22. The molecule has 1 aliphatic carbocycles. The van der Waals surface area contributed by atoms with Crippen molar-refractivity contribution >= 4 is 23.1 Å². The number of carbonyl (C=O) groups is 2. The Hall–Kier alpha value is -2.34. The molecular weight excluding hydrogens is 376 g/mol. The van der Waals surface area contributed by atoms with Crippen molar-refractivity contribution in [1.29, 1.82) is 0 Å². The lowest BCUT2D eigenvalue weighted by Gasteiger charge is -2.37. The van der Waals surface area contributed by atoms with Gasteiger partial charge in [-0.2, -0.15) is 0 Å². The molecule has 0 saturated heterocycles. The molecule has 1 atom stereocenters. The second-order valence-corrected chi connectivity index (χ2v) is 9.53. The minimum absolute atomic E-state index is 0.00496. The van der Waals surface area contributed by atoms with E-state index >= 15 is 0 Å². The highest BCUT2D eigenvalue weighted by Gasteiger charge is 2.40. The number of amides is 1. The summed E-state index contributed by atoms with van der Waals surface area (Å²) >= 11 is 0. The number of hydrogen-bond acceptors (Lipinski definition) is 5. The number of ketones is 1. The molecule has 2 N–H and O–H groups in total. The summed E-state index contributed by atoms with van der Waals surface area (Å²) < 4.78 is 0. The number of benzene rings is 1. The van der Waals surface area contributed by atoms with Gasteiger partial charge in [-0.1, -0.05) is 32.9 Å². The Morgan fingerprint density at radius 1 is 1.27 bits per heavy atom. The number of nitrogens with one attached hydrogen (secondary N) is 2. The predicted octanol–water partition coefficient (Wildman–Crippen LogP) is 3.41. The molecule has 0 spiro atoms. The van der Waals surface area contributed by atoms with E-state index in [-0.39, 0.29) is 29.7 Å². The summed E-state index contributed by atoms with van der Waals surface area (Å²) in [4.78, 5) is 30.2. The van der Waals surface area contributed by atoms with Gasteiger partial charge in [-0.15, -0.1) is 0 Å². The molecule has 1 aromatic carbocycles. The summed E-state index contributed by atoms with van der Waals surface area (Å²) in [5.41, 5.74) is 3.76. The van der Waals surface area contributed by atoms with Crippen LogP contribution in [0, 0.1) is 5.41 Å². The van der Waals surface area contributed by atoms with Gasteiger partial charge in [-0.25, -0.2) is 0 Å². The zero-order valence-corrected chi connectivity index (χ0v) is 19.0. The van der Waals surface area contributed by atoms with E-state index in [0.717, 1.165) is 48.5 Å². The summed E-state index contributed by atoms with van der Waals surface area (Å²) in [5.74, 6) is 0.194. The molecule has 30 heavy (non-hydrogen) atoms. The predicted molar refractivity (Wildman–Crippen MR) is 123 cm³/mol. The highest BCUT2D eigenvalue weighted by atomic mass is 16.2. The van der Waals surface area contributed by atoms with Crippen molar-refractivity contribution in [3.05, 3.63) is 35.5 Å². The van der Waals surface area contributed by atoms with E-state index in [0.29, 0.717) is 13.0 Å². The molecule has 1 aromatic rings. The number of rotatable bonds is 7. The van der Waals surface area contributed by atoms with Gasteiger partial charge in [0.15, 0.2) is 5.78 Å². The Morgan fingerprint density at radius 2 is 2.00 bits per heavy atom. The molecular formula is C24H36N4O2. The standard InChI is InChI=1S/C24H36N4O2/c1-6-19-23-18(14-24(2,3)15-21(23)29)26-17-10-7-8-11-20(17)28(19)16-22(30)25-12-9-13-27(4)5/h7-8,10-11,19,26H,6,9,12-16H2,1-5H3,(H,25,30). The fourth-order valence-electron chi connectivity index (χ4n) is 4.60. The normalized spacial score (nSPS) is 20.4. The second kappa shape index (κ2) is 9.21. The fraction of sp³-hybridized carbons (Fsp3) is 0.583. The fourth-order valence-corrected chi connectivity index (χ4v) is 4.60. The molecule has 3 rings (SSSR count). The van der Waals surface area contributed by atoms with Crippen molar-refractivity contribution in [3.8, 4) is 0 Å². The largest absolute Gasteiger partial charge is 0.357 e. The van der Waals surface area contributed by atoms with Crippen LogP contribution in [-0.4, -0.2) is 56.4 Å². The highest BCUT2D eigenvalue weighted by molar-refractivity contribution is 6.01. The third-order valence-corrected chi connectivity index (χ3v) is 5.93. The molecule has 1 unspecified atom stereocenters. The van der Waals surface area contributed by atoms with Crippen molar-refractivity contribution < 1.29 is 9.59 Å². The van der Waals surface area contributed by atoms with Gasteiger partial charge in [0.25, 0.3) is 0 Å². The Morgan fingerprint density at radius 3 is 2.70 bits per heavy atom. The van der Waals surface area contributed by atoms with E-state index in [2.05, 4.69) is 41.2 Å². The van der Waals surface area contributed by atoms with Gasteiger partial charge in [0.05, 0.1) is 24.0 Å². The van der Waals surface area contributed by atoms with Gasteiger partial charge in [-0.05, 0) is 57.5 Å². The summed E-state index contributed by atoms with van der Waals surface area (Å²) in [6, 6.07) is 7.95. The number of nitrogens with zero attached hydrogens (tertiary/aromatic N) is 2. The molecule has 6 heteroatoms. The highest BCUT2D eigenvalue weighted by Crippen LogP contribution is 2.44. The second-order valence-electron chi connectivity index (χ2n) is 9.53. The molecule has 2 aliphatic rings. The molecule has 0 aromatic heterocycles. The lowest BCUT2D eigenvalue weighted by Crippen LogP contribution is -2.46. The molecule has 0 saturated carbocycles. The third kappa shape index (κ3) is 5.04. The average molecular weight is 413 g/mol. The maximum absolute atomic E-state index is 13.2. The smallest absolute Gasteiger partial charge is 0.239 e. The molecule has 0 bridgehead atoms. The quantitative estimate of drug-likeness (QED) is 0.672. The minimum atomic E-state index is -0.104. The maximum Gasteiger partial charge on any atom is 0.239 e. The van der Waals surface area contributed by atoms with Gasteiger partial charge in [0.1, 0.15) is 0 Å². The lowest BCUT2D eigenvalue weighted by atomic mass is 9.74. The van der Waals surface area contributed by atoms with Crippen LogP contribution in [0.15, 0.2) is 35.5 Å². The SMILES string of the molecule is CCC1C2=C(CC(C)(C)CC2=O)Nc2ccccc2N1CC(=O)NCCCN(C)C. The number of carbonyl (C=O) groups excluding carboxylic acids is 2. The first kappa shape index (κ1) is 22.3. The number of Topliss-reactive ketones (excluding diaryl/α,β-unsaturated/α-hetero) is 1. The van der Waals surface area contributed by atoms with Crippen LogP contribution in [0.4, 0.5) is 11.4 Å². The average Bonchev–Trinajstić information content (AvgIpc) is 2.78. The first-order chi connectivity index (χ1) is 14.2. The van der Waals surface area contributed by atoms with Crippen molar-refractivity contribution in [2.45, 2.75) is 52.5 Å². The van der Waals surface area contributed by atoms with Crippen LogP contribution >= 0.6 is 0 Å². The maximum atomic E-state index is 13.2. The number of para-hydroxylation sites is 2. The van der Waals surface area contributed by atoms with Crippen LogP contribution in [-0.2, 0) is 9.59 Å². The molecule has 164 valence electrons. The summed E-state index contributed by atoms with van der Waals surface area (Å²) in [6.07, 6.45) is 3.07. The van der Waals surface area contributed by atoms with Crippen molar-refractivity contribution in [3.63, 3.8) is 0 Å². The monoisotopic (exact) mass is 412 g/mol. The van der Waals surface area contributed by atoms with E-state index in [1.54, 1.807) is 0 Å². The first-order valence-electron chi connectivity index (χ1n) is 11.0. The molecule has 0 fully saturated rings. The first-order valence-corrected chi connectivity index (χ1v) is 11.0. The number of anilines is 2. The summed E-state index contributed by atoms with van der Waals surface area (Å²) in [7, 11) is 4.06. The topological polar surface area (TPSA) is 64.7 Å². The molecule has 6 nitrogen and oxygen atoms in total. The lowest BCUT2D eigenvalue weighted by molar-refractivity contribution is -0.120. The molecule has 1 heterocycles. The van der Waals surface area contributed by atoms with E-state index in [1.807, 2.05) is 38.4 Å². The van der Waals surface area contributed by atoms with Crippen LogP contribution < -0.4 is 15.5 Å². The van der Waals surface area contributed by atoms with E-state index < -0.39 is 0 Å². The van der Waals surface area contributed by atoms with Gasteiger partial charge < -0.3 is 20.4 Å². The van der Waals surface area contributed by atoms with Crippen molar-refractivity contribution in [1.82, 2.24) is 10.2 Å². The van der Waals surface area contributed by atoms with Crippen molar-refractivity contribution in [2.24, 2.45) is 5.41 Å². The van der Waals surface area contributed by atoms with Crippen LogP contribution in [0.2, 0.25) is 0 Å². The van der Waals surface area contributed by atoms with E-state index in [4.69, 9.17) is 0 Å². The Labute approximate surface area is 180 Å². The van der Waals surface area contributed by atoms with Crippen LogP contribution in [0.5, 0.6) is 0 Å². The number of fused-ring (bicyclic) bond motifs is 1. The Kier molecular flexibility index (Phi) is 6.86.